The molecule has 0 aliphatic carbocycles. The molecule has 0 aliphatic rings. The van der Waals surface area contributed by atoms with Crippen LogP contribution in [0.4, 0.5) is 5.69 Å². The molecule has 0 unspecified atom stereocenters. The SMILES string of the molecule is Cc1cc(NC(=O)CO/N=C(\N)c2ccccc2)ccc1Br. The number of amides is 1. The highest BCUT2D eigenvalue weighted by Crippen LogP contribution is 2.19. The van der Waals surface area contributed by atoms with Gasteiger partial charge in [-0.2, -0.15) is 0 Å². The molecule has 2 rings (SSSR count). The van der Waals surface area contributed by atoms with E-state index in [4.69, 9.17) is 10.6 Å². The van der Waals surface area contributed by atoms with Gasteiger partial charge in [-0.1, -0.05) is 51.4 Å². The van der Waals surface area contributed by atoms with Gasteiger partial charge in [0.2, 0.25) is 0 Å². The Morgan fingerprint density at radius 1 is 1.27 bits per heavy atom. The van der Waals surface area contributed by atoms with Crippen LogP contribution < -0.4 is 11.1 Å². The molecule has 0 aromatic heterocycles. The lowest BCUT2D eigenvalue weighted by Gasteiger charge is -2.06. The van der Waals surface area contributed by atoms with E-state index in [2.05, 4.69) is 26.4 Å². The quantitative estimate of drug-likeness (QED) is 0.488. The number of nitrogens with two attached hydrogens (primary N) is 1. The lowest BCUT2D eigenvalue weighted by Crippen LogP contribution is -2.19. The first-order chi connectivity index (χ1) is 10.6. The lowest BCUT2D eigenvalue weighted by molar-refractivity contribution is -0.120. The molecule has 0 saturated heterocycles. The number of halogens is 1. The number of oxime groups is 1. The van der Waals surface area contributed by atoms with E-state index < -0.39 is 0 Å². The second-order valence-corrected chi connectivity index (χ2v) is 5.48. The molecule has 2 aromatic carbocycles. The number of carbonyl (C=O) groups excluding carboxylic acids is 1. The van der Waals surface area contributed by atoms with Gasteiger partial charge in [-0.15, -0.1) is 0 Å². The molecule has 0 fully saturated rings. The second kappa shape index (κ2) is 7.61. The van der Waals surface area contributed by atoms with Gasteiger partial charge in [0, 0.05) is 15.7 Å². The molecule has 3 N–H and O–H groups in total. The normalized spacial score (nSPS) is 11.1. The van der Waals surface area contributed by atoms with Crippen molar-refractivity contribution >= 4 is 33.4 Å². The van der Waals surface area contributed by atoms with E-state index in [0.717, 1.165) is 15.6 Å². The molecule has 0 spiro atoms. The van der Waals surface area contributed by atoms with Crippen molar-refractivity contribution in [3.8, 4) is 0 Å². The summed E-state index contributed by atoms with van der Waals surface area (Å²) in [7, 11) is 0. The fraction of sp³-hybridized carbons (Fsp3) is 0.125. The fourth-order valence-electron chi connectivity index (χ4n) is 1.74. The van der Waals surface area contributed by atoms with Gasteiger partial charge in [0.25, 0.3) is 5.91 Å². The first-order valence-corrected chi connectivity index (χ1v) is 7.42. The van der Waals surface area contributed by atoms with Crippen LogP contribution >= 0.6 is 15.9 Å². The third-order valence-electron chi connectivity index (χ3n) is 2.87. The summed E-state index contributed by atoms with van der Waals surface area (Å²) >= 11 is 3.41. The minimum atomic E-state index is -0.300. The Morgan fingerprint density at radius 3 is 2.68 bits per heavy atom. The fourth-order valence-corrected chi connectivity index (χ4v) is 1.99. The molecule has 0 radical (unpaired) electrons. The molecule has 114 valence electrons. The zero-order valence-electron chi connectivity index (χ0n) is 12.0. The molecular formula is C16H16BrN3O2. The van der Waals surface area contributed by atoms with Crippen LogP contribution in [-0.4, -0.2) is 18.3 Å². The van der Waals surface area contributed by atoms with E-state index in [9.17, 15) is 4.79 Å². The van der Waals surface area contributed by atoms with Crippen molar-refractivity contribution in [2.45, 2.75) is 6.92 Å². The second-order valence-electron chi connectivity index (χ2n) is 4.63. The van der Waals surface area contributed by atoms with Gasteiger partial charge in [-0.05, 0) is 30.7 Å². The van der Waals surface area contributed by atoms with Gasteiger partial charge in [0.05, 0.1) is 0 Å². The van der Waals surface area contributed by atoms with Crippen molar-refractivity contribution in [1.82, 2.24) is 0 Å². The Hall–Kier alpha value is -2.34. The van der Waals surface area contributed by atoms with Crippen molar-refractivity contribution in [2.24, 2.45) is 10.9 Å². The number of aryl methyl sites for hydroxylation is 1. The third-order valence-corrected chi connectivity index (χ3v) is 3.76. The minimum Gasteiger partial charge on any atom is -0.384 e. The zero-order valence-corrected chi connectivity index (χ0v) is 13.6. The maximum atomic E-state index is 11.8. The number of benzene rings is 2. The number of carbonyl (C=O) groups is 1. The van der Waals surface area contributed by atoms with Crippen LogP contribution in [0.3, 0.4) is 0 Å². The predicted octanol–water partition coefficient (Wildman–Crippen LogP) is 3.03. The van der Waals surface area contributed by atoms with Crippen LogP contribution in [0.25, 0.3) is 0 Å². The summed E-state index contributed by atoms with van der Waals surface area (Å²) in [4.78, 5) is 16.7. The number of hydrogen-bond acceptors (Lipinski definition) is 3. The van der Waals surface area contributed by atoms with Crippen LogP contribution in [0.1, 0.15) is 11.1 Å². The summed E-state index contributed by atoms with van der Waals surface area (Å²) in [6.45, 7) is 1.74. The molecule has 6 heteroatoms. The van der Waals surface area contributed by atoms with Crippen molar-refractivity contribution in [2.75, 3.05) is 11.9 Å². The van der Waals surface area contributed by atoms with E-state index in [1.54, 1.807) is 6.07 Å². The van der Waals surface area contributed by atoms with Crippen molar-refractivity contribution < 1.29 is 9.63 Å². The van der Waals surface area contributed by atoms with E-state index in [1.807, 2.05) is 49.4 Å². The lowest BCUT2D eigenvalue weighted by atomic mass is 10.2. The maximum Gasteiger partial charge on any atom is 0.265 e. The van der Waals surface area contributed by atoms with Crippen LogP contribution in [0.15, 0.2) is 58.2 Å². The van der Waals surface area contributed by atoms with Gasteiger partial charge in [0.15, 0.2) is 12.4 Å². The summed E-state index contributed by atoms with van der Waals surface area (Å²) in [5, 5.41) is 6.46. The highest BCUT2D eigenvalue weighted by molar-refractivity contribution is 9.10. The maximum absolute atomic E-state index is 11.8. The monoisotopic (exact) mass is 361 g/mol. The topological polar surface area (TPSA) is 76.7 Å². The van der Waals surface area contributed by atoms with Gasteiger partial charge in [0.1, 0.15) is 0 Å². The minimum absolute atomic E-state index is 0.206. The highest BCUT2D eigenvalue weighted by Gasteiger charge is 2.05. The summed E-state index contributed by atoms with van der Waals surface area (Å²) < 4.78 is 0.988. The van der Waals surface area contributed by atoms with Crippen molar-refractivity contribution in [3.05, 3.63) is 64.1 Å². The standard InChI is InChI=1S/C16H16BrN3O2/c1-11-9-13(7-8-14(11)17)19-15(21)10-22-20-16(18)12-5-3-2-4-6-12/h2-9H,10H2,1H3,(H2,18,20)(H,19,21). The van der Waals surface area contributed by atoms with Gasteiger partial charge < -0.3 is 15.9 Å². The van der Waals surface area contributed by atoms with Crippen LogP contribution in [-0.2, 0) is 9.63 Å². The number of nitrogens with zero attached hydrogens (tertiary/aromatic N) is 1. The predicted molar refractivity (Wildman–Crippen MR) is 90.6 cm³/mol. The molecule has 0 heterocycles. The Morgan fingerprint density at radius 2 is 2.00 bits per heavy atom. The summed E-state index contributed by atoms with van der Waals surface area (Å²) in [6, 6.07) is 14.7. The van der Waals surface area contributed by atoms with Crippen LogP contribution in [0.2, 0.25) is 0 Å². The summed E-state index contributed by atoms with van der Waals surface area (Å²) in [5.41, 5.74) is 8.24. The molecule has 1 amide bonds. The van der Waals surface area contributed by atoms with Gasteiger partial charge in [-0.25, -0.2) is 0 Å². The van der Waals surface area contributed by atoms with Gasteiger partial charge in [-0.3, -0.25) is 4.79 Å². The van der Waals surface area contributed by atoms with E-state index >= 15 is 0 Å². The number of amidine groups is 1. The Labute approximate surface area is 137 Å². The first kappa shape index (κ1) is 16.0. The molecule has 0 saturated carbocycles. The number of nitrogens with one attached hydrogen (secondary N) is 1. The zero-order chi connectivity index (χ0) is 15.9. The largest absolute Gasteiger partial charge is 0.384 e. The molecule has 0 atom stereocenters. The third kappa shape index (κ3) is 4.60. The average molecular weight is 362 g/mol. The Balaban J connectivity index is 1.86. The number of anilines is 1. The molecule has 2 aromatic rings. The van der Waals surface area contributed by atoms with Crippen LogP contribution in [0.5, 0.6) is 0 Å². The molecule has 5 nitrogen and oxygen atoms in total. The van der Waals surface area contributed by atoms with E-state index in [1.165, 1.54) is 0 Å². The van der Waals surface area contributed by atoms with E-state index in [0.29, 0.717) is 5.69 Å². The Kier molecular flexibility index (Phi) is 5.55. The molecule has 0 bridgehead atoms. The van der Waals surface area contributed by atoms with Crippen molar-refractivity contribution in [1.29, 1.82) is 0 Å². The van der Waals surface area contributed by atoms with Gasteiger partial charge >= 0.3 is 0 Å². The number of hydrogen-bond donors (Lipinski definition) is 2. The smallest absolute Gasteiger partial charge is 0.265 e. The summed E-state index contributed by atoms with van der Waals surface area (Å²) in [6.07, 6.45) is 0. The Bertz CT molecular complexity index is 687. The van der Waals surface area contributed by atoms with Crippen molar-refractivity contribution in [3.63, 3.8) is 0 Å². The van der Waals surface area contributed by atoms with E-state index in [-0.39, 0.29) is 18.3 Å². The average Bonchev–Trinajstić information content (AvgIpc) is 2.51. The molecule has 0 aliphatic heterocycles. The van der Waals surface area contributed by atoms with Crippen LogP contribution in [0, 0.1) is 6.92 Å². The summed E-state index contributed by atoms with van der Waals surface area (Å²) in [5.74, 6) is -0.0702. The molecule has 22 heavy (non-hydrogen) atoms. The first-order valence-electron chi connectivity index (χ1n) is 6.63. The number of rotatable bonds is 5. The highest BCUT2D eigenvalue weighted by atomic mass is 79.9. The molecular weight excluding hydrogens is 346 g/mol.